The molecule has 1 fully saturated rings. The van der Waals surface area contributed by atoms with E-state index in [1.54, 1.807) is 37.3 Å². The van der Waals surface area contributed by atoms with Gasteiger partial charge in [-0.25, -0.2) is 12.8 Å². The highest BCUT2D eigenvalue weighted by molar-refractivity contribution is 7.91. The summed E-state index contributed by atoms with van der Waals surface area (Å²) < 4.78 is 43.7. The highest BCUT2D eigenvalue weighted by Crippen LogP contribution is 2.25. The zero-order chi connectivity index (χ0) is 21.0. The quantitative estimate of drug-likeness (QED) is 0.657. The summed E-state index contributed by atoms with van der Waals surface area (Å²) in [5.41, 5.74) is 0.788. The zero-order valence-corrected chi connectivity index (χ0v) is 17.6. The highest BCUT2D eigenvalue weighted by atomic mass is 35.5. The van der Waals surface area contributed by atoms with Gasteiger partial charge in [-0.2, -0.15) is 0 Å². The van der Waals surface area contributed by atoms with E-state index in [-0.39, 0.29) is 29.7 Å². The van der Waals surface area contributed by atoms with Crippen LogP contribution in [0.2, 0.25) is 5.02 Å². The smallest absolute Gasteiger partial charge is 0.264 e. The van der Waals surface area contributed by atoms with Crippen molar-refractivity contribution in [2.24, 2.45) is 0 Å². The number of para-hydroxylation sites is 1. The van der Waals surface area contributed by atoms with Crippen molar-refractivity contribution >= 4 is 27.3 Å². The summed E-state index contributed by atoms with van der Waals surface area (Å²) in [5, 5.41) is 0.531. The van der Waals surface area contributed by atoms with Gasteiger partial charge in [-0.1, -0.05) is 42.8 Å². The van der Waals surface area contributed by atoms with E-state index >= 15 is 0 Å². The molecule has 0 N–H and O–H groups in total. The molecule has 0 saturated carbocycles. The Hall–Kier alpha value is -2.12. The molecule has 2 unspecified atom stereocenters. The Morgan fingerprint density at radius 3 is 2.66 bits per heavy atom. The summed E-state index contributed by atoms with van der Waals surface area (Å²) in [6.45, 7) is 1.98. The van der Waals surface area contributed by atoms with Crippen molar-refractivity contribution in [3.05, 3.63) is 64.9 Å². The van der Waals surface area contributed by atoms with Gasteiger partial charge in [0.25, 0.3) is 5.91 Å². The average Bonchev–Trinajstić information content (AvgIpc) is 3.04. The lowest BCUT2D eigenvalue weighted by Crippen LogP contribution is -2.47. The molecule has 1 aliphatic heterocycles. The minimum atomic E-state index is -3.19. The van der Waals surface area contributed by atoms with Crippen LogP contribution in [0.4, 0.5) is 4.39 Å². The number of rotatable bonds is 7. The maximum atomic E-state index is 14.0. The van der Waals surface area contributed by atoms with Crippen molar-refractivity contribution < 1.29 is 22.3 Å². The third-order valence-corrected chi connectivity index (χ3v) is 6.91. The lowest BCUT2D eigenvalue weighted by molar-refractivity contribution is -0.141. The first-order chi connectivity index (χ1) is 13.8. The molecule has 3 rings (SSSR count). The van der Waals surface area contributed by atoms with Crippen molar-refractivity contribution in [1.82, 2.24) is 4.90 Å². The Balaban J connectivity index is 1.86. The fraction of sp³-hybridized carbons (Fsp3) is 0.381. The first-order valence-corrected chi connectivity index (χ1v) is 11.7. The van der Waals surface area contributed by atoms with Gasteiger partial charge in [0.2, 0.25) is 0 Å². The summed E-state index contributed by atoms with van der Waals surface area (Å²) in [6, 6.07) is 12.5. The van der Waals surface area contributed by atoms with Crippen molar-refractivity contribution in [2.75, 3.05) is 11.5 Å². The average molecular weight is 440 g/mol. The number of ether oxygens (including phenoxy) is 1. The maximum Gasteiger partial charge on any atom is 0.264 e. The molecular weight excluding hydrogens is 417 g/mol. The number of sulfone groups is 1. The number of hydrogen-bond acceptors (Lipinski definition) is 4. The zero-order valence-electron chi connectivity index (χ0n) is 16.1. The van der Waals surface area contributed by atoms with E-state index in [0.29, 0.717) is 17.9 Å². The number of hydrogen-bond donors (Lipinski definition) is 0. The molecule has 156 valence electrons. The second-order valence-corrected chi connectivity index (χ2v) is 9.76. The molecule has 2 atom stereocenters. The molecule has 0 aliphatic carbocycles. The van der Waals surface area contributed by atoms with Gasteiger partial charge in [-0.05, 0) is 42.7 Å². The largest absolute Gasteiger partial charge is 0.478 e. The summed E-state index contributed by atoms with van der Waals surface area (Å²) in [5.74, 6) is -0.965. The van der Waals surface area contributed by atoms with E-state index in [1.807, 2.05) is 6.07 Å². The van der Waals surface area contributed by atoms with Gasteiger partial charge in [0.15, 0.2) is 27.5 Å². The van der Waals surface area contributed by atoms with Gasteiger partial charge in [0.05, 0.1) is 11.5 Å². The SMILES string of the molecule is CCC(Oc1ccccc1F)C(=O)N(Cc1cccc(Cl)c1)C1CCS(=O)(=O)C1. The van der Waals surface area contributed by atoms with Crippen LogP contribution in [0.25, 0.3) is 0 Å². The molecule has 0 radical (unpaired) electrons. The second kappa shape index (κ2) is 9.13. The highest BCUT2D eigenvalue weighted by Gasteiger charge is 2.37. The van der Waals surface area contributed by atoms with Gasteiger partial charge in [-0.3, -0.25) is 4.79 Å². The fourth-order valence-corrected chi connectivity index (χ4v) is 5.37. The lowest BCUT2D eigenvalue weighted by atomic mass is 10.1. The van der Waals surface area contributed by atoms with Crippen LogP contribution in [0.5, 0.6) is 5.75 Å². The standard InChI is InChI=1S/C21H23ClFNO4S/c1-2-19(28-20-9-4-3-8-18(20)23)21(25)24(17-10-11-29(26,27)14-17)13-15-6-5-7-16(22)12-15/h3-9,12,17,19H,2,10-11,13-14H2,1H3. The molecule has 0 aromatic heterocycles. The van der Waals surface area contributed by atoms with Gasteiger partial charge >= 0.3 is 0 Å². The van der Waals surface area contributed by atoms with Crippen LogP contribution in [0.3, 0.4) is 0 Å². The van der Waals surface area contributed by atoms with Crippen LogP contribution in [0.1, 0.15) is 25.3 Å². The van der Waals surface area contributed by atoms with Crippen LogP contribution >= 0.6 is 11.6 Å². The normalized spacial score (nSPS) is 18.9. The Morgan fingerprint density at radius 1 is 1.28 bits per heavy atom. The van der Waals surface area contributed by atoms with Gasteiger partial charge in [-0.15, -0.1) is 0 Å². The molecule has 1 amide bonds. The first-order valence-electron chi connectivity index (χ1n) is 9.45. The fourth-order valence-electron chi connectivity index (χ4n) is 3.43. The molecule has 0 spiro atoms. The third-order valence-electron chi connectivity index (χ3n) is 4.93. The van der Waals surface area contributed by atoms with Crippen molar-refractivity contribution in [3.63, 3.8) is 0 Å². The Labute approximate surface area is 175 Å². The van der Waals surface area contributed by atoms with E-state index in [0.717, 1.165) is 5.56 Å². The lowest BCUT2D eigenvalue weighted by Gasteiger charge is -2.32. The third kappa shape index (κ3) is 5.48. The van der Waals surface area contributed by atoms with Crippen molar-refractivity contribution in [1.29, 1.82) is 0 Å². The molecule has 2 aromatic carbocycles. The minimum absolute atomic E-state index is 0.00514. The summed E-state index contributed by atoms with van der Waals surface area (Å²) in [6.07, 6.45) is -0.238. The Kier molecular flexibility index (Phi) is 6.80. The van der Waals surface area contributed by atoms with Crippen LogP contribution in [-0.2, 0) is 21.2 Å². The molecule has 0 bridgehead atoms. The molecule has 1 heterocycles. The van der Waals surface area contributed by atoms with Crippen LogP contribution in [-0.4, -0.2) is 42.9 Å². The number of benzene rings is 2. The van der Waals surface area contributed by atoms with Crippen LogP contribution < -0.4 is 4.74 Å². The van der Waals surface area contributed by atoms with Gasteiger partial charge in [0, 0.05) is 17.6 Å². The molecule has 5 nitrogen and oxygen atoms in total. The van der Waals surface area contributed by atoms with Gasteiger partial charge in [0.1, 0.15) is 0 Å². The van der Waals surface area contributed by atoms with Crippen LogP contribution in [0.15, 0.2) is 48.5 Å². The summed E-state index contributed by atoms with van der Waals surface area (Å²) >= 11 is 6.06. The molecule has 29 heavy (non-hydrogen) atoms. The van der Waals surface area contributed by atoms with Gasteiger partial charge < -0.3 is 9.64 Å². The van der Waals surface area contributed by atoms with E-state index in [4.69, 9.17) is 16.3 Å². The maximum absolute atomic E-state index is 14.0. The Morgan fingerprint density at radius 2 is 2.03 bits per heavy atom. The predicted octanol–water partition coefficient (Wildman–Crippen LogP) is 3.85. The predicted molar refractivity (Wildman–Crippen MR) is 110 cm³/mol. The minimum Gasteiger partial charge on any atom is -0.478 e. The molecule has 1 aliphatic rings. The molecule has 2 aromatic rings. The number of amides is 1. The Bertz CT molecular complexity index is 982. The molecular formula is C21H23ClFNO4S. The monoisotopic (exact) mass is 439 g/mol. The van der Waals surface area contributed by atoms with E-state index in [2.05, 4.69) is 0 Å². The summed E-state index contributed by atoms with van der Waals surface area (Å²) in [7, 11) is -3.19. The molecule has 8 heteroatoms. The number of halogens is 2. The van der Waals surface area contributed by atoms with E-state index in [9.17, 15) is 17.6 Å². The van der Waals surface area contributed by atoms with Crippen molar-refractivity contribution in [2.45, 2.75) is 38.5 Å². The number of carbonyl (C=O) groups is 1. The topological polar surface area (TPSA) is 63.7 Å². The number of nitrogens with zero attached hydrogens (tertiary/aromatic N) is 1. The van der Waals surface area contributed by atoms with E-state index < -0.39 is 27.8 Å². The van der Waals surface area contributed by atoms with Crippen molar-refractivity contribution in [3.8, 4) is 5.75 Å². The van der Waals surface area contributed by atoms with Crippen LogP contribution in [0, 0.1) is 5.82 Å². The second-order valence-electron chi connectivity index (χ2n) is 7.10. The first kappa shape index (κ1) is 21.6. The number of carbonyl (C=O) groups excluding carboxylic acids is 1. The molecule has 1 saturated heterocycles. The summed E-state index contributed by atoms with van der Waals surface area (Å²) in [4.78, 5) is 14.9. The van der Waals surface area contributed by atoms with E-state index in [1.165, 1.54) is 17.0 Å².